The highest BCUT2D eigenvalue weighted by molar-refractivity contribution is 6.36. The van der Waals surface area contributed by atoms with Crippen molar-refractivity contribution in [2.45, 2.75) is 6.92 Å². The second-order valence-corrected chi connectivity index (χ2v) is 5.70. The summed E-state index contributed by atoms with van der Waals surface area (Å²) in [5.41, 5.74) is 1.27. The van der Waals surface area contributed by atoms with Gasteiger partial charge in [-0.2, -0.15) is 10.2 Å². The van der Waals surface area contributed by atoms with Crippen LogP contribution in [0.1, 0.15) is 18.1 Å². The molecule has 7 heteroatoms. The summed E-state index contributed by atoms with van der Waals surface area (Å²) in [6.07, 6.45) is 1.32. The fourth-order valence-corrected chi connectivity index (χ4v) is 2.40. The van der Waals surface area contributed by atoms with Crippen LogP contribution in [0.2, 0.25) is 15.1 Å². The number of halogens is 3. The summed E-state index contributed by atoms with van der Waals surface area (Å²) < 4.78 is 0. The third-order valence-electron chi connectivity index (χ3n) is 2.81. The van der Waals surface area contributed by atoms with Gasteiger partial charge >= 0.3 is 0 Å². The minimum Gasteiger partial charge on any atom is -0.507 e. The Morgan fingerprint density at radius 2 is 1.77 bits per heavy atom. The number of hydrogen-bond donors (Lipinski definition) is 2. The van der Waals surface area contributed by atoms with Crippen molar-refractivity contribution < 1.29 is 10.2 Å². The van der Waals surface area contributed by atoms with Gasteiger partial charge in [0.15, 0.2) is 0 Å². The fourth-order valence-electron chi connectivity index (χ4n) is 1.71. The van der Waals surface area contributed by atoms with Crippen LogP contribution < -0.4 is 0 Å². The van der Waals surface area contributed by atoms with Gasteiger partial charge in [0.05, 0.1) is 16.9 Å². The summed E-state index contributed by atoms with van der Waals surface area (Å²) in [6, 6.07) is 7.56. The third kappa shape index (κ3) is 3.91. The smallest absolute Gasteiger partial charge is 0.143 e. The molecule has 114 valence electrons. The Bertz CT molecular complexity index is 774. The Morgan fingerprint density at radius 3 is 2.50 bits per heavy atom. The van der Waals surface area contributed by atoms with E-state index in [1.54, 1.807) is 19.1 Å². The molecule has 2 aromatic rings. The van der Waals surface area contributed by atoms with Crippen molar-refractivity contribution in [1.29, 1.82) is 0 Å². The summed E-state index contributed by atoms with van der Waals surface area (Å²) >= 11 is 17.6. The molecule has 0 saturated heterocycles. The van der Waals surface area contributed by atoms with Gasteiger partial charge < -0.3 is 10.2 Å². The predicted octanol–water partition coefficient (Wildman–Crippen LogP) is 4.90. The number of nitrogens with zero attached hydrogens (tertiary/aromatic N) is 2. The molecule has 0 aromatic heterocycles. The summed E-state index contributed by atoms with van der Waals surface area (Å²) in [5.74, 6) is -0.0808. The van der Waals surface area contributed by atoms with Crippen LogP contribution in [0.15, 0.2) is 40.5 Å². The molecule has 0 spiro atoms. The highest BCUT2D eigenvalue weighted by Gasteiger charge is 2.07. The van der Waals surface area contributed by atoms with E-state index in [-0.39, 0.29) is 16.5 Å². The summed E-state index contributed by atoms with van der Waals surface area (Å²) in [5, 5.41) is 28.4. The van der Waals surface area contributed by atoms with E-state index in [4.69, 9.17) is 34.8 Å². The van der Waals surface area contributed by atoms with Gasteiger partial charge in [-0.3, -0.25) is 0 Å². The quantitative estimate of drug-likeness (QED) is 0.606. The van der Waals surface area contributed by atoms with Crippen molar-refractivity contribution in [3.8, 4) is 11.5 Å². The first-order chi connectivity index (χ1) is 10.4. The van der Waals surface area contributed by atoms with Crippen LogP contribution >= 0.6 is 34.8 Å². The Hall–Kier alpha value is -1.75. The van der Waals surface area contributed by atoms with Gasteiger partial charge in [0.1, 0.15) is 11.5 Å². The van der Waals surface area contributed by atoms with Crippen molar-refractivity contribution in [3.05, 3.63) is 56.5 Å². The molecule has 0 aliphatic rings. The minimum absolute atomic E-state index is 0.0505. The van der Waals surface area contributed by atoms with Gasteiger partial charge in [-0.15, -0.1) is 0 Å². The molecule has 0 radical (unpaired) electrons. The number of rotatable bonds is 3. The molecule has 0 saturated carbocycles. The Morgan fingerprint density at radius 1 is 1.05 bits per heavy atom. The maximum absolute atomic E-state index is 9.80. The van der Waals surface area contributed by atoms with E-state index < -0.39 is 0 Å². The molecule has 22 heavy (non-hydrogen) atoms. The second kappa shape index (κ2) is 7.01. The first kappa shape index (κ1) is 16.6. The Kier molecular flexibility index (Phi) is 5.29. The highest BCUT2D eigenvalue weighted by Crippen LogP contribution is 2.30. The van der Waals surface area contributed by atoms with Crippen molar-refractivity contribution in [1.82, 2.24) is 0 Å². The molecular weight excluding hydrogens is 347 g/mol. The minimum atomic E-state index is -0.131. The van der Waals surface area contributed by atoms with E-state index in [9.17, 15) is 10.2 Å². The molecular formula is C15H11Cl3N2O2. The number of phenols is 2. The molecule has 2 N–H and O–H groups in total. The molecule has 0 unspecified atom stereocenters. The lowest BCUT2D eigenvalue weighted by Gasteiger charge is -2.03. The highest BCUT2D eigenvalue weighted by atomic mass is 35.5. The Labute approximate surface area is 142 Å². The molecule has 0 bridgehead atoms. The average Bonchev–Trinajstić information content (AvgIpc) is 2.46. The van der Waals surface area contributed by atoms with Crippen LogP contribution in [0, 0.1) is 0 Å². The maximum atomic E-state index is 9.80. The topological polar surface area (TPSA) is 65.2 Å². The summed E-state index contributed by atoms with van der Waals surface area (Å²) in [6.45, 7) is 1.67. The molecule has 0 heterocycles. The molecule has 2 rings (SSSR count). The van der Waals surface area contributed by atoms with E-state index in [0.29, 0.717) is 26.9 Å². The first-order valence-electron chi connectivity index (χ1n) is 6.13. The van der Waals surface area contributed by atoms with Gasteiger partial charge in [-0.25, -0.2) is 0 Å². The third-order valence-corrected chi connectivity index (χ3v) is 3.55. The van der Waals surface area contributed by atoms with Crippen LogP contribution in [-0.2, 0) is 0 Å². The van der Waals surface area contributed by atoms with Crippen LogP contribution in [-0.4, -0.2) is 22.1 Å². The number of hydrogen-bond acceptors (Lipinski definition) is 4. The molecule has 4 nitrogen and oxygen atoms in total. The van der Waals surface area contributed by atoms with Crippen LogP contribution in [0.25, 0.3) is 0 Å². The van der Waals surface area contributed by atoms with Gasteiger partial charge in [0.25, 0.3) is 0 Å². The van der Waals surface area contributed by atoms with E-state index in [2.05, 4.69) is 10.2 Å². The average molecular weight is 358 g/mol. The molecule has 0 fully saturated rings. The van der Waals surface area contributed by atoms with Crippen molar-refractivity contribution in [2.24, 2.45) is 10.2 Å². The monoisotopic (exact) mass is 356 g/mol. The number of phenolic OH excluding ortho intramolecular Hbond substituents is 2. The lowest BCUT2D eigenvalue weighted by Crippen LogP contribution is -1.94. The van der Waals surface area contributed by atoms with E-state index in [0.717, 1.165) is 0 Å². The summed E-state index contributed by atoms with van der Waals surface area (Å²) in [4.78, 5) is 0. The van der Waals surface area contributed by atoms with Crippen LogP contribution in [0.5, 0.6) is 11.5 Å². The molecule has 0 amide bonds. The zero-order valence-corrected chi connectivity index (χ0v) is 13.7. The standard InChI is InChI=1S/C15H11Cl3N2O2/c1-8(12-5-10(16)2-3-14(12)21)20-19-7-9-4-11(17)6-13(18)15(9)22/h2-7,21-22H,1H3. The second-order valence-electron chi connectivity index (χ2n) is 4.42. The van der Waals surface area contributed by atoms with Crippen LogP contribution in [0.4, 0.5) is 0 Å². The molecule has 2 aromatic carbocycles. The largest absolute Gasteiger partial charge is 0.507 e. The van der Waals surface area contributed by atoms with Gasteiger partial charge in [0, 0.05) is 21.2 Å². The first-order valence-corrected chi connectivity index (χ1v) is 7.26. The van der Waals surface area contributed by atoms with Gasteiger partial charge in [-0.1, -0.05) is 34.8 Å². The fraction of sp³-hybridized carbons (Fsp3) is 0.0667. The van der Waals surface area contributed by atoms with E-state index in [1.165, 1.54) is 24.4 Å². The van der Waals surface area contributed by atoms with Crippen molar-refractivity contribution in [2.75, 3.05) is 0 Å². The number of aromatic hydroxyl groups is 2. The normalized spacial score (nSPS) is 12.1. The maximum Gasteiger partial charge on any atom is 0.143 e. The SMILES string of the molecule is CC(=NN=Cc1cc(Cl)cc(Cl)c1O)c1cc(Cl)ccc1O. The summed E-state index contributed by atoms with van der Waals surface area (Å²) in [7, 11) is 0. The molecule has 0 aliphatic heterocycles. The van der Waals surface area contributed by atoms with Gasteiger partial charge in [0.2, 0.25) is 0 Å². The van der Waals surface area contributed by atoms with Crippen molar-refractivity contribution in [3.63, 3.8) is 0 Å². The lowest BCUT2D eigenvalue weighted by molar-refractivity contribution is 0.473. The molecule has 0 atom stereocenters. The van der Waals surface area contributed by atoms with Gasteiger partial charge in [-0.05, 0) is 37.3 Å². The number of benzene rings is 2. The zero-order chi connectivity index (χ0) is 16.3. The lowest BCUT2D eigenvalue weighted by atomic mass is 10.1. The molecule has 0 aliphatic carbocycles. The zero-order valence-electron chi connectivity index (χ0n) is 11.4. The predicted molar refractivity (Wildman–Crippen MR) is 91.0 cm³/mol. The van der Waals surface area contributed by atoms with E-state index in [1.807, 2.05) is 0 Å². The van der Waals surface area contributed by atoms with E-state index >= 15 is 0 Å². The van der Waals surface area contributed by atoms with Crippen LogP contribution in [0.3, 0.4) is 0 Å². The van der Waals surface area contributed by atoms with Crippen molar-refractivity contribution >= 4 is 46.7 Å². The Balaban J connectivity index is 2.29.